The lowest BCUT2D eigenvalue weighted by Gasteiger charge is -2.17. The number of hydrogen-bond donors (Lipinski definition) is 3. The molecule has 0 radical (unpaired) electrons. The van der Waals surface area contributed by atoms with Crippen LogP contribution in [0.5, 0.6) is 0 Å². The van der Waals surface area contributed by atoms with Crippen LogP contribution in [0.4, 0.5) is 10.2 Å². The Labute approximate surface area is 130 Å². The number of aromatic nitrogens is 2. The van der Waals surface area contributed by atoms with Crippen LogP contribution in [0, 0.1) is 0 Å². The maximum atomic E-state index is 14.2. The minimum atomic E-state index is -1.86. The van der Waals surface area contributed by atoms with Gasteiger partial charge in [0.15, 0.2) is 12.4 Å². The van der Waals surface area contributed by atoms with Crippen LogP contribution in [0.3, 0.4) is 0 Å². The van der Waals surface area contributed by atoms with E-state index in [1.54, 1.807) is 24.3 Å². The Hall–Kier alpha value is -2.29. The van der Waals surface area contributed by atoms with Crippen LogP contribution in [0.15, 0.2) is 41.3 Å². The smallest absolute Gasteiger partial charge is 0.351 e. The molecule has 23 heavy (non-hydrogen) atoms. The number of halogens is 1. The molecule has 3 rings (SSSR count). The van der Waals surface area contributed by atoms with E-state index in [1.807, 2.05) is 6.07 Å². The van der Waals surface area contributed by atoms with Gasteiger partial charge in [-0.25, -0.2) is 9.18 Å². The molecule has 7 nitrogen and oxygen atoms in total. The molecule has 1 aromatic carbocycles. The number of alkyl halides is 1. The maximum absolute atomic E-state index is 14.2. The van der Waals surface area contributed by atoms with E-state index in [9.17, 15) is 14.3 Å². The van der Waals surface area contributed by atoms with Gasteiger partial charge in [-0.05, 0) is 5.56 Å². The molecule has 1 aliphatic rings. The predicted octanol–water partition coefficient (Wildman–Crippen LogP) is 0.0812. The van der Waals surface area contributed by atoms with Crippen molar-refractivity contribution in [1.82, 2.24) is 9.55 Å². The van der Waals surface area contributed by atoms with Crippen molar-refractivity contribution in [2.45, 2.75) is 24.6 Å². The molecule has 2 aromatic rings. The summed E-state index contributed by atoms with van der Waals surface area (Å²) in [6, 6.07) is 8.95. The molecular weight excluding hydrogens is 305 g/mol. The van der Waals surface area contributed by atoms with Crippen molar-refractivity contribution in [2.75, 3.05) is 12.3 Å². The average molecular weight is 321 g/mol. The van der Waals surface area contributed by atoms with Crippen LogP contribution >= 0.6 is 0 Å². The Bertz CT molecular complexity index is 752. The van der Waals surface area contributed by atoms with Gasteiger partial charge in [0, 0.05) is 11.8 Å². The second kappa shape index (κ2) is 6.07. The predicted molar refractivity (Wildman–Crippen MR) is 80.2 cm³/mol. The third kappa shape index (κ3) is 2.72. The zero-order valence-electron chi connectivity index (χ0n) is 12.0. The normalized spacial score (nSPS) is 27.3. The Morgan fingerprint density at radius 1 is 1.35 bits per heavy atom. The molecule has 4 N–H and O–H groups in total. The van der Waals surface area contributed by atoms with Crippen molar-refractivity contribution in [3.05, 3.63) is 47.0 Å². The highest BCUT2D eigenvalue weighted by atomic mass is 19.1. The molecule has 0 amide bonds. The fraction of sp³-hybridized carbons (Fsp3) is 0.333. The molecule has 1 saturated heterocycles. The zero-order valence-corrected chi connectivity index (χ0v) is 12.0. The van der Waals surface area contributed by atoms with Crippen molar-refractivity contribution < 1.29 is 19.3 Å². The van der Waals surface area contributed by atoms with Crippen molar-refractivity contribution in [2.24, 2.45) is 0 Å². The van der Waals surface area contributed by atoms with E-state index in [4.69, 9.17) is 15.6 Å². The molecule has 1 aliphatic heterocycles. The third-order valence-electron chi connectivity index (χ3n) is 3.81. The lowest BCUT2D eigenvalue weighted by atomic mass is 10.1. The largest absolute Gasteiger partial charge is 0.394 e. The molecule has 2 heterocycles. The molecule has 0 aliphatic carbocycles. The quantitative estimate of drug-likeness (QED) is 0.738. The van der Waals surface area contributed by atoms with Crippen LogP contribution in [0.2, 0.25) is 0 Å². The Morgan fingerprint density at radius 3 is 2.65 bits per heavy atom. The van der Waals surface area contributed by atoms with Crippen molar-refractivity contribution in [3.63, 3.8) is 0 Å². The fourth-order valence-electron chi connectivity index (χ4n) is 2.58. The summed E-state index contributed by atoms with van der Waals surface area (Å²) in [6.07, 6.45) is -4.50. The number of nitrogens with zero attached hydrogens (tertiary/aromatic N) is 2. The van der Waals surface area contributed by atoms with Crippen molar-refractivity contribution in [3.8, 4) is 11.1 Å². The number of anilines is 1. The van der Waals surface area contributed by atoms with Crippen molar-refractivity contribution >= 4 is 5.82 Å². The second-order valence-corrected chi connectivity index (χ2v) is 5.28. The van der Waals surface area contributed by atoms with Crippen LogP contribution < -0.4 is 11.4 Å². The average Bonchev–Trinajstić information content (AvgIpc) is 2.84. The summed E-state index contributed by atoms with van der Waals surface area (Å²) in [6.45, 7) is -0.555. The van der Waals surface area contributed by atoms with E-state index in [0.29, 0.717) is 11.1 Å². The van der Waals surface area contributed by atoms with Gasteiger partial charge in [-0.15, -0.1) is 0 Å². The van der Waals surface area contributed by atoms with Gasteiger partial charge in [0.05, 0.1) is 6.61 Å². The number of nitrogens with two attached hydrogens (primary N) is 1. The summed E-state index contributed by atoms with van der Waals surface area (Å²) in [7, 11) is 0. The van der Waals surface area contributed by atoms with Gasteiger partial charge in [-0.3, -0.25) is 4.57 Å². The van der Waals surface area contributed by atoms with Gasteiger partial charge in [0.1, 0.15) is 18.0 Å². The first-order valence-corrected chi connectivity index (χ1v) is 7.05. The first-order chi connectivity index (χ1) is 11.0. The maximum Gasteiger partial charge on any atom is 0.351 e. The number of hydrogen-bond acceptors (Lipinski definition) is 6. The van der Waals surface area contributed by atoms with Crippen LogP contribution in [0.1, 0.15) is 6.23 Å². The SMILES string of the molecule is Nc1nc(=O)n([C@@H]2O[C@H](CO)[C@@H](O)[C@H]2F)cc1-c1ccccc1. The molecule has 0 spiro atoms. The Kier molecular flexibility index (Phi) is 4.12. The summed E-state index contributed by atoms with van der Waals surface area (Å²) < 4.78 is 20.4. The third-order valence-corrected chi connectivity index (χ3v) is 3.81. The summed E-state index contributed by atoms with van der Waals surface area (Å²) in [5, 5.41) is 18.8. The van der Waals surface area contributed by atoms with E-state index in [1.165, 1.54) is 6.20 Å². The number of ether oxygens (including phenoxy) is 1. The first-order valence-electron chi connectivity index (χ1n) is 7.05. The number of benzene rings is 1. The van der Waals surface area contributed by atoms with E-state index < -0.39 is 36.9 Å². The van der Waals surface area contributed by atoms with Gasteiger partial charge < -0.3 is 20.7 Å². The molecule has 0 saturated carbocycles. The van der Waals surface area contributed by atoms with E-state index in [2.05, 4.69) is 4.98 Å². The molecule has 1 fully saturated rings. The minimum absolute atomic E-state index is 0.0186. The summed E-state index contributed by atoms with van der Waals surface area (Å²) >= 11 is 0. The van der Waals surface area contributed by atoms with Gasteiger partial charge in [0.25, 0.3) is 0 Å². The minimum Gasteiger partial charge on any atom is -0.394 e. The molecule has 8 heteroatoms. The monoisotopic (exact) mass is 321 g/mol. The summed E-state index contributed by atoms with van der Waals surface area (Å²) in [5.41, 5.74) is 6.15. The Morgan fingerprint density at radius 2 is 2.04 bits per heavy atom. The van der Waals surface area contributed by atoms with Gasteiger partial charge in [0.2, 0.25) is 0 Å². The molecule has 0 bridgehead atoms. The molecule has 4 atom stereocenters. The lowest BCUT2D eigenvalue weighted by molar-refractivity contribution is -0.0490. The second-order valence-electron chi connectivity index (χ2n) is 5.28. The molecule has 0 unspecified atom stereocenters. The number of rotatable bonds is 3. The first kappa shape index (κ1) is 15.6. The highest BCUT2D eigenvalue weighted by Gasteiger charge is 2.45. The van der Waals surface area contributed by atoms with Crippen LogP contribution in [0.25, 0.3) is 11.1 Å². The molecular formula is C15H16FN3O4. The molecule has 122 valence electrons. The standard InChI is InChI=1S/C15H16FN3O4/c16-11-12(21)10(7-20)23-14(11)19-6-9(13(17)18-15(19)22)8-4-2-1-3-5-8/h1-6,10-12,14,20-21H,7H2,(H2,17,18,22)/t10-,11-,12-,14-/m1/s1. The fourth-order valence-corrected chi connectivity index (χ4v) is 2.58. The summed E-state index contributed by atoms with van der Waals surface area (Å²) in [4.78, 5) is 15.7. The van der Waals surface area contributed by atoms with Gasteiger partial charge >= 0.3 is 5.69 Å². The number of aliphatic hydroxyl groups excluding tert-OH is 2. The van der Waals surface area contributed by atoms with Crippen LogP contribution in [-0.2, 0) is 4.74 Å². The highest BCUT2D eigenvalue weighted by Crippen LogP contribution is 2.32. The van der Waals surface area contributed by atoms with Gasteiger partial charge in [-0.2, -0.15) is 4.98 Å². The zero-order chi connectivity index (χ0) is 16.6. The van der Waals surface area contributed by atoms with E-state index >= 15 is 0 Å². The van der Waals surface area contributed by atoms with Gasteiger partial charge in [-0.1, -0.05) is 30.3 Å². The van der Waals surface area contributed by atoms with E-state index in [-0.39, 0.29) is 5.82 Å². The topological polar surface area (TPSA) is 111 Å². The Balaban J connectivity index is 2.06. The lowest BCUT2D eigenvalue weighted by Crippen LogP contribution is -2.33. The van der Waals surface area contributed by atoms with Crippen molar-refractivity contribution in [1.29, 1.82) is 0 Å². The van der Waals surface area contributed by atoms with E-state index in [0.717, 1.165) is 4.57 Å². The highest BCUT2D eigenvalue weighted by molar-refractivity contribution is 5.72. The summed E-state index contributed by atoms with van der Waals surface area (Å²) in [5.74, 6) is 0.0186. The number of nitrogen functional groups attached to an aromatic ring is 1. The molecule has 1 aromatic heterocycles. The number of aliphatic hydroxyl groups is 2. The van der Waals surface area contributed by atoms with Crippen LogP contribution in [-0.4, -0.2) is 44.8 Å².